The first-order chi connectivity index (χ1) is 10.4. The molecule has 0 heterocycles. The van der Waals surface area contributed by atoms with Crippen LogP contribution in [0.4, 0.5) is 0 Å². The first-order valence-corrected chi connectivity index (χ1v) is 7.72. The number of ether oxygens (including phenoxy) is 1. The van der Waals surface area contributed by atoms with E-state index in [2.05, 4.69) is 20.9 Å². The van der Waals surface area contributed by atoms with Crippen molar-refractivity contribution in [2.75, 3.05) is 40.4 Å². The number of hydrogen-bond acceptors (Lipinski definition) is 4. The third-order valence-electron chi connectivity index (χ3n) is 3.94. The zero-order valence-corrected chi connectivity index (χ0v) is 16.3. The molecule has 0 aliphatic rings. The van der Waals surface area contributed by atoms with E-state index in [4.69, 9.17) is 9.84 Å². The van der Waals surface area contributed by atoms with Crippen LogP contribution in [0.1, 0.15) is 37.0 Å². The number of aliphatic hydroxyl groups is 1. The van der Waals surface area contributed by atoms with Gasteiger partial charge in [0, 0.05) is 12.2 Å². The van der Waals surface area contributed by atoms with Crippen LogP contribution in [0, 0.1) is 0 Å². The fraction of sp³-hybridized carbons (Fsp3) is 0.588. The van der Waals surface area contributed by atoms with Crippen LogP contribution in [0.2, 0.25) is 0 Å². The van der Waals surface area contributed by atoms with Crippen LogP contribution in [-0.4, -0.2) is 56.0 Å². The summed E-state index contributed by atoms with van der Waals surface area (Å²) in [5, 5.41) is 18.9. The van der Waals surface area contributed by atoms with Gasteiger partial charge >= 0.3 is 0 Å². The molecule has 1 aromatic carbocycles. The average molecular weight is 392 g/mol. The Morgan fingerprint density at radius 2 is 1.87 bits per heavy atom. The smallest absolute Gasteiger partial charge is 0.119 e. The highest BCUT2D eigenvalue weighted by atomic mass is 79.9. The third-order valence-corrected chi connectivity index (χ3v) is 3.94. The Morgan fingerprint density at radius 3 is 2.30 bits per heavy atom. The second-order valence-electron chi connectivity index (χ2n) is 5.43. The zero-order valence-electron chi connectivity index (χ0n) is 14.6. The lowest BCUT2D eigenvalue weighted by Gasteiger charge is -2.32. The molecular weight excluding hydrogens is 362 g/mol. The number of halogens is 1. The summed E-state index contributed by atoms with van der Waals surface area (Å²) in [6, 6.07) is 6.14. The van der Waals surface area contributed by atoms with Crippen molar-refractivity contribution in [3.05, 3.63) is 29.8 Å². The van der Waals surface area contributed by atoms with E-state index in [0.717, 1.165) is 17.3 Å². The highest BCUT2D eigenvalue weighted by molar-refractivity contribution is 8.93. The molecule has 0 spiro atoms. The van der Waals surface area contributed by atoms with Gasteiger partial charge in [-0.3, -0.25) is 0 Å². The molecule has 0 saturated heterocycles. The summed E-state index contributed by atoms with van der Waals surface area (Å²) >= 11 is 0. The molecule has 0 aliphatic heterocycles. The molecule has 0 atom stereocenters. The number of carboxylic acid groups (broad SMARTS) is 1. The van der Waals surface area contributed by atoms with E-state index in [1.54, 1.807) is 12.1 Å². The molecule has 1 rings (SSSR count). The standard InChI is InChI=1S/C9H22NO.C8H8O3.BrH/c1-4-10(3,5-2)8-6-7-9-11;1-11-7-4-2-3-6(5-7)8(9)10;/h11H,4-9H2,1-3H3;2-5H,1H3,(H,9,10);1H/q+1;;/p-1. The molecule has 0 saturated carbocycles. The number of carbonyl (C=O) groups is 1. The largest absolute Gasteiger partial charge is 0.545 e. The predicted octanol–water partition coefficient (Wildman–Crippen LogP) is 1.88. The van der Waals surface area contributed by atoms with E-state index in [9.17, 15) is 9.90 Å². The van der Waals surface area contributed by atoms with Gasteiger partial charge in [-0.1, -0.05) is 12.1 Å². The van der Waals surface area contributed by atoms with Crippen LogP contribution in [0.3, 0.4) is 0 Å². The van der Waals surface area contributed by atoms with Gasteiger partial charge in [-0.05, 0) is 38.8 Å². The van der Waals surface area contributed by atoms with Gasteiger partial charge in [-0.25, -0.2) is 0 Å². The van der Waals surface area contributed by atoms with Crippen molar-refractivity contribution in [2.24, 2.45) is 0 Å². The highest BCUT2D eigenvalue weighted by Crippen LogP contribution is 2.11. The minimum absolute atomic E-state index is 0. The van der Waals surface area contributed by atoms with Crippen LogP contribution >= 0.6 is 17.0 Å². The minimum Gasteiger partial charge on any atom is -0.545 e. The Bertz CT molecular complexity index is 436. The average Bonchev–Trinajstić information content (AvgIpc) is 2.55. The third kappa shape index (κ3) is 10.3. The van der Waals surface area contributed by atoms with Gasteiger partial charge in [0.05, 0.1) is 39.8 Å². The minimum atomic E-state index is -1.19. The predicted molar refractivity (Wildman–Crippen MR) is 96.1 cm³/mol. The maximum absolute atomic E-state index is 10.3. The highest BCUT2D eigenvalue weighted by Gasteiger charge is 2.14. The first-order valence-electron chi connectivity index (χ1n) is 7.72. The van der Waals surface area contributed by atoms with Crippen molar-refractivity contribution in [2.45, 2.75) is 26.7 Å². The van der Waals surface area contributed by atoms with E-state index in [0.29, 0.717) is 12.4 Å². The number of carboxylic acids is 1. The number of hydrogen-bond donors (Lipinski definition) is 1. The number of methoxy groups -OCH3 is 1. The fourth-order valence-electron chi connectivity index (χ4n) is 1.90. The van der Waals surface area contributed by atoms with Crippen molar-refractivity contribution >= 4 is 23.0 Å². The topological polar surface area (TPSA) is 69.6 Å². The van der Waals surface area contributed by atoms with Crippen molar-refractivity contribution in [3.8, 4) is 5.75 Å². The summed E-state index contributed by atoms with van der Waals surface area (Å²) in [6.45, 7) is 8.38. The van der Waals surface area contributed by atoms with E-state index in [1.165, 1.54) is 38.9 Å². The summed E-state index contributed by atoms with van der Waals surface area (Å²) in [7, 11) is 3.76. The van der Waals surface area contributed by atoms with Crippen LogP contribution in [0.25, 0.3) is 0 Å². The second kappa shape index (κ2) is 13.3. The molecule has 0 amide bonds. The Hall–Kier alpha value is -1.11. The van der Waals surface area contributed by atoms with Gasteiger partial charge in [0.2, 0.25) is 0 Å². The van der Waals surface area contributed by atoms with E-state index in [1.807, 2.05) is 0 Å². The monoisotopic (exact) mass is 391 g/mol. The molecule has 0 unspecified atom stereocenters. The number of carbonyl (C=O) groups excluding carboxylic acids is 1. The molecular formula is C17H30BrNO4. The number of nitrogens with zero attached hydrogens (tertiary/aromatic N) is 1. The lowest BCUT2D eigenvalue weighted by atomic mass is 10.2. The molecule has 134 valence electrons. The van der Waals surface area contributed by atoms with E-state index in [-0.39, 0.29) is 22.5 Å². The van der Waals surface area contributed by atoms with E-state index >= 15 is 0 Å². The first kappa shape index (κ1) is 24.1. The molecule has 0 bridgehead atoms. The Kier molecular flexibility index (Phi) is 14.0. The number of aromatic carboxylic acids is 1. The second-order valence-corrected chi connectivity index (χ2v) is 5.43. The molecule has 6 heteroatoms. The summed E-state index contributed by atoms with van der Waals surface area (Å²) in [5.74, 6) is -0.671. The van der Waals surface area contributed by atoms with Gasteiger partial charge in [0.1, 0.15) is 5.75 Å². The number of rotatable bonds is 8. The lowest BCUT2D eigenvalue weighted by Crippen LogP contribution is -2.44. The molecule has 5 nitrogen and oxygen atoms in total. The maximum atomic E-state index is 10.3. The molecule has 1 aromatic rings. The van der Waals surface area contributed by atoms with Crippen LogP contribution < -0.4 is 9.84 Å². The van der Waals surface area contributed by atoms with Gasteiger partial charge in [0.25, 0.3) is 0 Å². The van der Waals surface area contributed by atoms with Crippen molar-refractivity contribution in [1.29, 1.82) is 0 Å². The number of quaternary nitrogens is 1. The quantitative estimate of drug-likeness (QED) is 0.542. The van der Waals surface area contributed by atoms with Gasteiger partial charge in [-0.2, -0.15) is 0 Å². The molecule has 0 aliphatic carbocycles. The summed E-state index contributed by atoms with van der Waals surface area (Å²) in [5.41, 5.74) is 0.129. The van der Waals surface area contributed by atoms with Crippen LogP contribution in [0.15, 0.2) is 24.3 Å². The molecule has 0 fully saturated rings. The summed E-state index contributed by atoms with van der Waals surface area (Å²) < 4.78 is 5.95. The fourth-order valence-corrected chi connectivity index (χ4v) is 1.90. The SMILES string of the molecule is Br.CC[N+](C)(CC)CCCCO.COc1cccc(C(=O)[O-])c1. The number of benzene rings is 1. The Morgan fingerprint density at radius 1 is 1.26 bits per heavy atom. The Balaban J connectivity index is 0. The lowest BCUT2D eigenvalue weighted by molar-refractivity contribution is -0.906. The normalized spacial score (nSPS) is 10.1. The molecule has 0 aromatic heterocycles. The maximum Gasteiger partial charge on any atom is 0.119 e. The zero-order chi connectivity index (χ0) is 17.0. The molecule has 23 heavy (non-hydrogen) atoms. The van der Waals surface area contributed by atoms with Gasteiger partial charge in [0.15, 0.2) is 0 Å². The van der Waals surface area contributed by atoms with Crippen molar-refractivity contribution < 1.29 is 24.2 Å². The summed E-state index contributed by atoms with van der Waals surface area (Å²) in [6.07, 6.45) is 2.10. The summed E-state index contributed by atoms with van der Waals surface area (Å²) in [4.78, 5) is 10.3. The number of unbranched alkanes of at least 4 members (excludes halogenated alkanes) is 1. The van der Waals surface area contributed by atoms with Gasteiger partial charge < -0.3 is 24.2 Å². The van der Waals surface area contributed by atoms with Crippen LogP contribution in [-0.2, 0) is 0 Å². The van der Waals surface area contributed by atoms with Crippen LogP contribution in [0.5, 0.6) is 5.75 Å². The molecule has 0 radical (unpaired) electrons. The Labute approximate surface area is 150 Å². The van der Waals surface area contributed by atoms with Gasteiger partial charge in [-0.15, -0.1) is 17.0 Å². The number of aliphatic hydroxyl groups excluding tert-OH is 1. The van der Waals surface area contributed by atoms with E-state index < -0.39 is 5.97 Å². The van der Waals surface area contributed by atoms with Crippen molar-refractivity contribution in [3.63, 3.8) is 0 Å². The van der Waals surface area contributed by atoms with Crippen molar-refractivity contribution in [1.82, 2.24) is 0 Å². The molecule has 1 N–H and O–H groups in total.